The van der Waals surface area contributed by atoms with E-state index in [1.165, 1.54) is 0 Å². The van der Waals surface area contributed by atoms with Crippen LogP contribution in [0, 0.1) is 0 Å². The number of carbonyl (C=O) groups is 1. The normalized spacial score (nSPS) is 10.7. The SMILES string of the molecule is O=C(NCn1cnc2ccccc21)c1ccccc1Cl. The molecule has 1 N–H and O–H groups in total. The van der Waals surface area contributed by atoms with Crippen molar-refractivity contribution in [2.45, 2.75) is 6.67 Å². The van der Waals surface area contributed by atoms with Crippen LogP contribution in [-0.2, 0) is 6.67 Å². The van der Waals surface area contributed by atoms with Gasteiger partial charge in [0.15, 0.2) is 0 Å². The van der Waals surface area contributed by atoms with E-state index < -0.39 is 0 Å². The summed E-state index contributed by atoms with van der Waals surface area (Å²) in [4.78, 5) is 16.3. The lowest BCUT2D eigenvalue weighted by Crippen LogP contribution is -2.26. The summed E-state index contributed by atoms with van der Waals surface area (Å²) in [5.41, 5.74) is 2.35. The second-order valence-electron chi connectivity index (χ2n) is 4.35. The fraction of sp³-hybridized carbons (Fsp3) is 0.0667. The van der Waals surface area contributed by atoms with Gasteiger partial charge in [0.1, 0.15) is 0 Å². The molecule has 1 heterocycles. The van der Waals surface area contributed by atoms with Crippen LogP contribution in [0.3, 0.4) is 0 Å². The van der Waals surface area contributed by atoms with Crippen LogP contribution in [0.25, 0.3) is 11.0 Å². The van der Waals surface area contributed by atoms with Crippen LogP contribution in [0.1, 0.15) is 10.4 Å². The minimum absolute atomic E-state index is 0.201. The summed E-state index contributed by atoms with van der Waals surface area (Å²) in [5, 5.41) is 3.28. The molecule has 3 aromatic rings. The van der Waals surface area contributed by atoms with Crippen LogP contribution in [0.2, 0.25) is 5.02 Å². The quantitative estimate of drug-likeness (QED) is 0.804. The third-order valence-electron chi connectivity index (χ3n) is 3.06. The first-order valence-electron chi connectivity index (χ1n) is 6.18. The van der Waals surface area contributed by atoms with E-state index in [2.05, 4.69) is 10.3 Å². The number of nitrogens with zero attached hydrogens (tertiary/aromatic N) is 2. The van der Waals surface area contributed by atoms with Gasteiger partial charge in [-0.25, -0.2) is 4.98 Å². The number of nitrogens with one attached hydrogen (secondary N) is 1. The Balaban J connectivity index is 1.77. The molecule has 1 aromatic heterocycles. The molecule has 4 nitrogen and oxygen atoms in total. The number of hydrogen-bond acceptors (Lipinski definition) is 2. The third-order valence-corrected chi connectivity index (χ3v) is 3.39. The summed E-state index contributed by atoms with van der Waals surface area (Å²) in [6.45, 7) is 0.352. The summed E-state index contributed by atoms with van der Waals surface area (Å²) in [6.07, 6.45) is 1.71. The van der Waals surface area contributed by atoms with Crippen molar-refractivity contribution in [2.75, 3.05) is 0 Å². The van der Waals surface area contributed by atoms with Crippen molar-refractivity contribution in [3.05, 3.63) is 65.4 Å². The van der Waals surface area contributed by atoms with Gasteiger partial charge in [0.2, 0.25) is 0 Å². The smallest absolute Gasteiger partial charge is 0.254 e. The van der Waals surface area contributed by atoms with Gasteiger partial charge in [-0.05, 0) is 24.3 Å². The van der Waals surface area contributed by atoms with Gasteiger partial charge >= 0.3 is 0 Å². The van der Waals surface area contributed by atoms with Gasteiger partial charge in [-0.2, -0.15) is 0 Å². The number of aromatic nitrogens is 2. The van der Waals surface area contributed by atoms with Gasteiger partial charge in [-0.3, -0.25) is 4.79 Å². The van der Waals surface area contributed by atoms with Gasteiger partial charge in [-0.15, -0.1) is 0 Å². The van der Waals surface area contributed by atoms with Gasteiger partial charge < -0.3 is 9.88 Å². The maximum absolute atomic E-state index is 12.1. The average molecular weight is 286 g/mol. The van der Waals surface area contributed by atoms with E-state index in [9.17, 15) is 4.79 Å². The first-order valence-corrected chi connectivity index (χ1v) is 6.56. The lowest BCUT2D eigenvalue weighted by Gasteiger charge is -2.08. The molecule has 0 saturated heterocycles. The molecule has 5 heteroatoms. The fourth-order valence-electron chi connectivity index (χ4n) is 2.03. The highest BCUT2D eigenvalue weighted by atomic mass is 35.5. The Morgan fingerprint density at radius 3 is 2.75 bits per heavy atom. The molecule has 1 amide bonds. The molecule has 0 aliphatic heterocycles. The molecule has 0 fully saturated rings. The Morgan fingerprint density at radius 2 is 1.90 bits per heavy atom. The molecular weight excluding hydrogens is 274 g/mol. The number of rotatable bonds is 3. The Bertz CT molecular complexity index is 766. The highest BCUT2D eigenvalue weighted by Crippen LogP contribution is 2.15. The van der Waals surface area contributed by atoms with Gasteiger partial charge in [0.05, 0.1) is 34.6 Å². The van der Waals surface area contributed by atoms with E-state index in [1.54, 1.807) is 30.6 Å². The molecular formula is C15H12ClN3O. The Hall–Kier alpha value is -2.33. The van der Waals surface area contributed by atoms with Crippen molar-refractivity contribution in [1.29, 1.82) is 0 Å². The maximum atomic E-state index is 12.1. The lowest BCUT2D eigenvalue weighted by atomic mass is 10.2. The van der Waals surface area contributed by atoms with Crippen LogP contribution >= 0.6 is 11.6 Å². The van der Waals surface area contributed by atoms with Crippen LogP contribution in [-0.4, -0.2) is 15.5 Å². The minimum atomic E-state index is -0.201. The zero-order valence-electron chi connectivity index (χ0n) is 10.6. The average Bonchev–Trinajstić information content (AvgIpc) is 2.88. The topological polar surface area (TPSA) is 46.9 Å². The summed E-state index contributed by atoms with van der Waals surface area (Å²) in [7, 11) is 0. The van der Waals surface area contributed by atoms with Crippen LogP contribution < -0.4 is 5.32 Å². The number of carbonyl (C=O) groups excluding carboxylic acids is 1. The number of benzene rings is 2. The standard InChI is InChI=1S/C15H12ClN3O/c16-12-6-2-1-5-11(12)15(20)18-10-19-9-17-13-7-3-4-8-14(13)19/h1-9H,10H2,(H,18,20). The molecule has 0 atom stereocenters. The largest absolute Gasteiger partial charge is 0.334 e. The van der Waals surface area contributed by atoms with Crippen molar-refractivity contribution in [2.24, 2.45) is 0 Å². The predicted molar refractivity (Wildman–Crippen MR) is 78.7 cm³/mol. The van der Waals surface area contributed by atoms with E-state index in [0.717, 1.165) is 11.0 Å². The monoisotopic (exact) mass is 285 g/mol. The van der Waals surface area contributed by atoms with E-state index in [0.29, 0.717) is 17.3 Å². The highest BCUT2D eigenvalue weighted by Gasteiger charge is 2.09. The number of hydrogen-bond donors (Lipinski definition) is 1. The molecule has 2 aromatic carbocycles. The first-order chi connectivity index (χ1) is 9.75. The van der Waals surface area contributed by atoms with Crippen molar-refractivity contribution in [3.63, 3.8) is 0 Å². The third kappa shape index (κ3) is 2.38. The number of amides is 1. The molecule has 0 saturated carbocycles. The summed E-state index contributed by atoms with van der Waals surface area (Å²) >= 11 is 5.99. The Labute approximate surface area is 121 Å². The lowest BCUT2D eigenvalue weighted by molar-refractivity contribution is 0.0943. The van der Waals surface area contributed by atoms with Crippen molar-refractivity contribution >= 4 is 28.5 Å². The zero-order chi connectivity index (χ0) is 13.9. The molecule has 100 valence electrons. The fourth-order valence-corrected chi connectivity index (χ4v) is 2.26. The van der Waals surface area contributed by atoms with Crippen LogP contribution in [0.5, 0.6) is 0 Å². The van der Waals surface area contributed by atoms with Crippen molar-refractivity contribution < 1.29 is 4.79 Å². The Morgan fingerprint density at radius 1 is 1.15 bits per heavy atom. The van der Waals surface area contributed by atoms with Gasteiger partial charge in [-0.1, -0.05) is 35.9 Å². The minimum Gasteiger partial charge on any atom is -0.334 e. The molecule has 0 aliphatic carbocycles. The number of fused-ring (bicyclic) bond motifs is 1. The number of halogens is 1. The highest BCUT2D eigenvalue weighted by molar-refractivity contribution is 6.33. The van der Waals surface area contributed by atoms with Crippen molar-refractivity contribution in [3.8, 4) is 0 Å². The van der Waals surface area contributed by atoms with Gasteiger partial charge in [0.25, 0.3) is 5.91 Å². The maximum Gasteiger partial charge on any atom is 0.254 e. The summed E-state index contributed by atoms with van der Waals surface area (Å²) in [6, 6.07) is 14.7. The zero-order valence-corrected chi connectivity index (χ0v) is 11.3. The number of imidazole rings is 1. The summed E-state index contributed by atoms with van der Waals surface area (Å²) in [5.74, 6) is -0.201. The van der Waals surface area contributed by atoms with Crippen molar-refractivity contribution in [1.82, 2.24) is 14.9 Å². The summed E-state index contributed by atoms with van der Waals surface area (Å²) < 4.78 is 1.88. The van der Waals surface area contributed by atoms with Crippen LogP contribution in [0.4, 0.5) is 0 Å². The Kier molecular flexibility index (Phi) is 3.39. The second kappa shape index (κ2) is 5.35. The first kappa shape index (κ1) is 12.7. The molecule has 0 radical (unpaired) electrons. The molecule has 0 aliphatic rings. The van der Waals surface area contributed by atoms with Gasteiger partial charge in [0, 0.05) is 0 Å². The molecule has 3 rings (SSSR count). The van der Waals surface area contributed by atoms with Crippen LogP contribution in [0.15, 0.2) is 54.9 Å². The van der Waals surface area contributed by atoms with E-state index in [-0.39, 0.29) is 5.91 Å². The van der Waals surface area contributed by atoms with E-state index >= 15 is 0 Å². The molecule has 0 bridgehead atoms. The molecule has 20 heavy (non-hydrogen) atoms. The molecule has 0 unspecified atom stereocenters. The van der Waals surface area contributed by atoms with E-state index in [4.69, 9.17) is 11.6 Å². The molecule has 0 spiro atoms. The second-order valence-corrected chi connectivity index (χ2v) is 4.75. The predicted octanol–water partition coefficient (Wildman–Crippen LogP) is 3.08. The number of para-hydroxylation sites is 2. The van der Waals surface area contributed by atoms with E-state index in [1.807, 2.05) is 28.8 Å².